The van der Waals surface area contributed by atoms with E-state index in [0.29, 0.717) is 11.8 Å². The van der Waals surface area contributed by atoms with Crippen LogP contribution in [0.4, 0.5) is 0 Å². The third-order valence-electron chi connectivity index (χ3n) is 12.2. The van der Waals surface area contributed by atoms with Crippen molar-refractivity contribution >= 4 is 46.4 Å². The molecule has 4 aromatic rings. The van der Waals surface area contributed by atoms with Crippen LogP contribution >= 0.6 is 0 Å². The fraction of sp³-hybridized carbons (Fsp3) is 0.522. The molecule has 0 aromatic heterocycles. The van der Waals surface area contributed by atoms with E-state index in [2.05, 4.69) is 152 Å². The molecule has 0 amide bonds. The van der Waals surface area contributed by atoms with Crippen LogP contribution in [0.2, 0.25) is 36.3 Å². The van der Waals surface area contributed by atoms with E-state index < -0.39 is 16.1 Å². The molecular weight excluding hydrogens is 799 g/mol. The van der Waals surface area contributed by atoms with Crippen molar-refractivity contribution < 1.29 is 51.0 Å². The maximum Gasteiger partial charge on any atom is 4.00 e. The normalized spacial score (nSPS) is 17.1. The summed E-state index contributed by atoms with van der Waals surface area (Å²) in [5, 5.41) is 6.27. The molecule has 2 atom stereocenters. The predicted molar refractivity (Wildman–Crippen MR) is 229 cm³/mol. The van der Waals surface area contributed by atoms with E-state index in [-0.39, 0.29) is 51.0 Å². The molecule has 0 bridgehead atoms. The average molecular weight is 868 g/mol. The fourth-order valence-corrected chi connectivity index (χ4v) is 16.6. The minimum absolute atomic E-state index is 0. The molecule has 2 saturated carbocycles. The molecule has 0 heterocycles. The van der Waals surface area contributed by atoms with Gasteiger partial charge in [0.2, 0.25) is 0 Å². The Hall–Kier alpha value is -0.746. The first-order valence-electron chi connectivity index (χ1n) is 20.1. The van der Waals surface area contributed by atoms with Crippen LogP contribution in [0.25, 0.3) is 0 Å². The van der Waals surface area contributed by atoms with Crippen LogP contribution in [0.1, 0.15) is 129 Å². The molecule has 2 aliphatic carbocycles. The van der Waals surface area contributed by atoms with Crippen LogP contribution in [0.15, 0.2) is 97.1 Å². The second-order valence-corrected chi connectivity index (χ2v) is 27.6. The zero-order chi connectivity index (χ0) is 35.3. The van der Waals surface area contributed by atoms with E-state index in [4.69, 9.17) is 0 Å². The van der Waals surface area contributed by atoms with Crippen molar-refractivity contribution in [3.8, 4) is 0 Å². The van der Waals surface area contributed by atoms with E-state index in [1.165, 1.54) is 47.1 Å². The Balaban J connectivity index is 0.000000384. The maximum atomic E-state index is 2.49. The third kappa shape index (κ3) is 13.8. The molecule has 6 rings (SSSR count). The zero-order valence-electron chi connectivity index (χ0n) is 33.9. The number of halogens is 2. The average Bonchev–Trinajstić information content (AvgIpc) is 3.86. The van der Waals surface area contributed by atoms with Gasteiger partial charge in [0.25, 0.3) is 0 Å². The van der Waals surface area contributed by atoms with E-state index >= 15 is 0 Å². The smallest absolute Gasteiger partial charge is 1.00 e. The topological polar surface area (TPSA) is 0 Å². The SMILES string of the molecule is C1CCC([SiH]C2CCCCC2)CC1.CC[Si](C)(c1ccccc1)c1c[cH-]c(C(C)C)c1.CC[Si](C)(c1ccccc1)c1c[cH-]c(C(C)C)c1.[Cl-].[Cl-].[Zr+4]. The van der Waals surface area contributed by atoms with Gasteiger partial charge in [-0.1, -0.05) is 202 Å². The van der Waals surface area contributed by atoms with E-state index in [1.807, 2.05) is 0 Å². The van der Waals surface area contributed by atoms with Gasteiger partial charge in [0.05, 0.1) is 0 Å². The fourth-order valence-electron chi connectivity index (χ4n) is 8.13. The van der Waals surface area contributed by atoms with Gasteiger partial charge >= 0.3 is 26.2 Å². The molecule has 0 aliphatic heterocycles. The first kappa shape index (κ1) is 49.3. The molecule has 4 aromatic carbocycles. The third-order valence-corrected chi connectivity index (χ3v) is 23.9. The van der Waals surface area contributed by atoms with E-state index in [1.54, 1.807) is 72.1 Å². The Bertz CT molecular complexity index is 1360. The first-order valence-corrected chi connectivity index (χ1v) is 26.9. The number of hydrogen-bond acceptors (Lipinski definition) is 0. The number of rotatable bonds is 10. The van der Waals surface area contributed by atoms with Gasteiger partial charge < -0.3 is 24.8 Å². The summed E-state index contributed by atoms with van der Waals surface area (Å²) >= 11 is 0. The molecule has 0 N–H and O–H groups in total. The standard InChI is InChI=1S/2C17H23Si.C12H23Si.2ClH.Zr/c2*1-5-18(4,16-9-7-6-8-10-16)17-12-11-15(13-17)14(2)3;1-3-7-11(8-4-1)13-12-9-5-2-6-10-12;;;/h2*6-14H,5H2,1-4H3;11-13H,1-10H2;2*1H;/q2*-1;;;;+4/p-2. The Labute approximate surface area is 356 Å². The summed E-state index contributed by atoms with van der Waals surface area (Å²) in [4.78, 5) is 0. The summed E-state index contributed by atoms with van der Waals surface area (Å²) in [5.41, 5.74) is 5.37. The van der Waals surface area contributed by atoms with Crippen LogP contribution in [0.3, 0.4) is 0 Å². The molecule has 2 fully saturated rings. The summed E-state index contributed by atoms with van der Waals surface area (Å²) in [6, 6.07) is 38.8. The Morgan fingerprint density at radius 3 is 1.15 bits per heavy atom. The van der Waals surface area contributed by atoms with Crippen LogP contribution in [0, 0.1) is 0 Å². The monoisotopic (exact) mass is 865 g/mol. The van der Waals surface area contributed by atoms with Crippen LogP contribution in [0.5, 0.6) is 0 Å². The minimum Gasteiger partial charge on any atom is -1.00 e. The van der Waals surface area contributed by atoms with Gasteiger partial charge in [0.15, 0.2) is 0 Å². The van der Waals surface area contributed by atoms with E-state index in [0.717, 1.165) is 9.52 Å². The van der Waals surface area contributed by atoms with Gasteiger partial charge in [0, 0.05) is 25.7 Å². The molecule has 0 nitrogen and oxygen atoms in total. The molecule has 2 unspecified atom stereocenters. The predicted octanol–water partition coefficient (Wildman–Crippen LogP) is 5.42. The summed E-state index contributed by atoms with van der Waals surface area (Å²) in [5.74, 6) is 1.26. The molecule has 52 heavy (non-hydrogen) atoms. The van der Waals surface area contributed by atoms with Gasteiger partial charge in [-0.3, -0.25) is 0 Å². The Morgan fingerprint density at radius 2 is 0.885 bits per heavy atom. The molecule has 0 saturated heterocycles. The van der Waals surface area contributed by atoms with Crippen molar-refractivity contribution in [2.24, 2.45) is 0 Å². The van der Waals surface area contributed by atoms with Crippen LogP contribution in [-0.2, 0) is 26.2 Å². The largest absolute Gasteiger partial charge is 4.00 e. The molecule has 1 radical (unpaired) electrons. The van der Waals surface area contributed by atoms with Gasteiger partial charge in [-0.25, -0.2) is 12.1 Å². The maximum absolute atomic E-state index is 2.49. The Kier molecular flexibility index (Phi) is 23.4. The Morgan fingerprint density at radius 1 is 0.558 bits per heavy atom. The van der Waals surface area contributed by atoms with Crippen molar-refractivity contribution in [3.05, 3.63) is 108 Å². The minimum atomic E-state index is -1.50. The van der Waals surface area contributed by atoms with Gasteiger partial charge in [-0.2, -0.15) is 45.8 Å². The van der Waals surface area contributed by atoms with Gasteiger partial charge in [-0.15, -0.1) is 0 Å². The first-order chi connectivity index (χ1) is 23.6. The van der Waals surface area contributed by atoms with Gasteiger partial charge in [0.1, 0.15) is 0 Å². The van der Waals surface area contributed by atoms with E-state index in [9.17, 15) is 0 Å². The zero-order valence-corrected chi connectivity index (χ0v) is 41.0. The molecular formula is C46H69Cl2Si3Zr. The number of benzene rings is 2. The summed E-state index contributed by atoms with van der Waals surface area (Å²) < 4.78 is 0. The van der Waals surface area contributed by atoms with Crippen molar-refractivity contribution in [2.45, 2.75) is 154 Å². The second kappa shape index (κ2) is 24.7. The number of hydrogen-bond donors (Lipinski definition) is 0. The molecule has 283 valence electrons. The molecule has 2 aliphatic rings. The van der Waals surface area contributed by atoms with Crippen molar-refractivity contribution in [1.29, 1.82) is 0 Å². The quantitative estimate of drug-likeness (QED) is 0.148. The van der Waals surface area contributed by atoms with Crippen molar-refractivity contribution in [2.75, 3.05) is 0 Å². The molecule has 6 heteroatoms. The second-order valence-electron chi connectivity index (χ2n) is 16.3. The summed E-state index contributed by atoms with van der Waals surface area (Å²) in [6.07, 6.45) is 15.6. The summed E-state index contributed by atoms with van der Waals surface area (Å²) in [6.45, 7) is 18.7. The summed E-state index contributed by atoms with van der Waals surface area (Å²) in [7, 11) is -2.18. The van der Waals surface area contributed by atoms with Crippen LogP contribution in [-0.4, -0.2) is 25.7 Å². The van der Waals surface area contributed by atoms with Crippen molar-refractivity contribution in [1.82, 2.24) is 0 Å². The van der Waals surface area contributed by atoms with Crippen molar-refractivity contribution in [3.63, 3.8) is 0 Å². The molecule has 0 spiro atoms. The van der Waals surface area contributed by atoms with Gasteiger partial charge in [-0.05, 0) is 22.9 Å². The van der Waals surface area contributed by atoms with Crippen LogP contribution < -0.4 is 45.6 Å².